The standard InChI is InChI=1S/C21H22N4O2/c1-24(21(22)26)15-10-12-17(13-11-15)27-14-19-18-8-5-9-20(18)25(23-19)16-6-3-2-4-7-16/h2-4,6-7,10-13H,5,8-9,14H2,1H3,(H2,22,26). The van der Waals surface area contributed by atoms with Gasteiger partial charge < -0.3 is 10.5 Å². The largest absolute Gasteiger partial charge is 0.487 e. The molecule has 4 rings (SSSR count). The van der Waals surface area contributed by atoms with Crippen LogP contribution in [0, 0.1) is 0 Å². The third kappa shape index (κ3) is 3.38. The van der Waals surface area contributed by atoms with E-state index in [0.717, 1.165) is 42.1 Å². The molecule has 0 bridgehead atoms. The van der Waals surface area contributed by atoms with Crippen LogP contribution in [0.5, 0.6) is 5.75 Å². The molecule has 0 aliphatic heterocycles. The van der Waals surface area contributed by atoms with Crippen LogP contribution in [-0.2, 0) is 19.4 Å². The van der Waals surface area contributed by atoms with E-state index in [1.54, 1.807) is 7.05 Å². The van der Waals surface area contributed by atoms with Gasteiger partial charge >= 0.3 is 6.03 Å². The summed E-state index contributed by atoms with van der Waals surface area (Å²) < 4.78 is 8.00. The van der Waals surface area contributed by atoms with Gasteiger partial charge in [-0.25, -0.2) is 9.48 Å². The second-order valence-corrected chi connectivity index (χ2v) is 6.65. The molecule has 1 heterocycles. The smallest absolute Gasteiger partial charge is 0.318 e. The number of urea groups is 1. The van der Waals surface area contributed by atoms with Gasteiger partial charge in [0, 0.05) is 24.0 Å². The summed E-state index contributed by atoms with van der Waals surface area (Å²) in [6.07, 6.45) is 3.25. The number of nitrogens with two attached hydrogens (primary N) is 1. The van der Waals surface area contributed by atoms with Crippen molar-refractivity contribution in [3.8, 4) is 11.4 Å². The number of benzene rings is 2. The topological polar surface area (TPSA) is 73.4 Å². The van der Waals surface area contributed by atoms with E-state index in [-0.39, 0.29) is 0 Å². The molecule has 0 radical (unpaired) electrons. The Hall–Kier alpha value is -3.28. The lowest BCUT2D eigenvalue weighted by molar-refractivity contribution is 0.255. The molecule has 3 aromatic rings. The van der Waals surface area contributed by atoms with E-state index < -0.39 is 6.03 Å². The van der Waals surface area contributed by atoms with E-state index in [1.165, 1.54) is 16.2 Å². The molecule has 1 aromatic heterocycles. The Labute approximate surface area is 158 Å². The highest BCUT2D eigenvalue weighted by Gasteiger charge is 2.23. The number of fused-ring (bicyclic) bond motifs is 1. The van der Waals surface area contributed by atoms with Gasteiger partial charge in [0.05, 0.1) is 5.69 Å². The fraction of sp³-hybridized carbons (Fsp3) is 0.238. The summed E-state index contributed by atoms with van der Waals surface area (Å²) in [5.74, 6) is 0.734. The minimum Gasteiger partial charge on any atom is -0.487 e. The van der Waals surface area contributed by atoms with Crippen LogP contribution in [0.3, 0.4) is 0 Å². The van der Waals surface area contributed by atoms with Crippen LogP contribution >= 0.6 is 0 Å². The second-order valence-electron chi connectivity index (χ2n) is 6.65. The Morgan fingerprint density at radius 3 is 2.59 bits per heavy atom. The van der Waals surface area contributed by atoms with E-state index in [4.69, 9.17) is 15.6 Å². The van der Waals surface area contributed by atoms with Crippen molar-refractivity contribution in [1.29, 1.82) is 0 Å². The van der Waals surface area contributed by atoms with Crippen molar-refractivity contribution in [2.45, 2.75) is 25.9 Å². The predicted octanol–water partition coefficient (Wildman–Crippen LogP) is 3.45. The van der Waals surface area contributed by atoms with Crippen molar-refractivity contribution in [2.24, 2.45) is 5.73 Å². The number of aromatic nitrogens is 2. The van der Waals surface area contributed by atoms with E-state index in [9.17, 15) is 4.79 Å². The Bertz CT molecular complexity index is 948. The van der Waals surface area contributed by atoms with Crippen LogP contribution < -0.4 is 15.4 Å². The maximum atomic E-state index is 11.2. The summed E-state index contributed by atoms with van der Waals surface area (Å²) in [5.41, 5.74) is 10.7. The zero-order valence-electron chi connectivity index (χ0n) is 15.3. The molecule has 0 fully saturated rings. The number of nitrogens with zero attached hydrogens (tertiary/aromatic N) is 3. The molecule has 27 heavy (non-hydrogen) atoms. The molecule has 0 saturated heterocycles. The summed E-state index contributed by atoms with van der Waals surface area (Å²) in [6.45, 7) is 0.424. The number of hydrogen-bond acceptors (Lipinski definition) is 3. The predicted molar refractivity (Wildman–Crippen MR) is 104 cm³/mol. The summed E-state index contributed by atoms with van der Waals surface area (Å²) in [4.78, 5) is 12.6. The normalized spacial score (nSPS) is 12.6. The fourth-order valence-corrected chi connectivity index (χ4v) is 3.46. The first-order valence-corrected chi connectivity index (χ1v) is 9.04. The maximum absolute atomic E-state index is 11.2. The Balaban J connectivity index is 1.52. The lowest BCUT2D eigenvalue weighted by Crippen LogP contribution is -2.31. The van der Waals surface area contributed by atoms with Crippen LogP contribution in [-0.4, -0.2) is 22.9 Å². The lowest BCUT2D eigenvalue weighted by Gasteiger charge is -2.14. The van der Waals surface area contributed by atoms with Crippen molar-refractivity contribution < 1.29 is 9.53 Å². The van der Waals surface area contributed by atoms with Crippen molar-refractivity contribution in [3.63, 3.8) is 0 Å². The van der Waals surface area contributed by atoms with Gasteiger partial charge in [-0.15, -0.1) is 0 Å². The number of anilines is 1. The molecular formula is C21H22N4O2. The van der Waals surface area contributed by atoms with Crippen molar-refractivity contribution >= 4 is 11.7 Å². The van der Waals surface area contributed by atoms with Gasteiger partial charge in [-0.1, -0.05) is 18.2 Å². The highest BCUT2D eigenvalue weighted by Crippen LogP contribution is 2.29. The maximum Gasteiger partial charge on any atom is 0.318 e. The van der Waals surface area contributed by atoms with Crippen LogP contribution in [0.4, 0.5) is 10.5 Å². The highest BCUT2D eigenvalue weighted by atomic mass is 16.5. The fourth-order valence-electron chi connectivity index (χ4n) is 3.46. The number of primary amides is 1. The van der Waals surface area contributed by atoms with Crippen LogP contribution in [0.1, 0.15) is 23.4 Å². The molecule has 6 nitrogen and oxygen atoms in total. The quantitative estimate of drug-likeness (QED) is 0.755. The number of para-hydroxylation sites is 1. The number of carbonyl (C=O) groups is 1. The summed E-state index contributed by atoms with van der Waals surface area (Å²) in [5, 5.41) is 4.81. The molecule has 0 spiro atoms. The summed E-state index contributed by atoms with van der Waals surface area (Å²) in [7, 11) is 1.64. The van der Waals surface area contributed by atoms with Crippen molar-refractivity contribution in [1.82, 2.24) is 9.78 Å². The molecule has 2 amide bonds. The molecule has 0 unspecified atom stereocenters. The Kier molecular flexibility index (Phi) is 4.54. The van der Waals surface area contributed by atoms with Crippen LogP contribution in [0.2, 0.25) is 0 Å². The molecule has 138 valence electrons. The summed E-state index contributed by atoms with van der Waals surface area (Å²) >= 11 is 0. The molecular weight excluding hydrogens is 340 g/mol. The van der Waals surface area contributed by atoms with Gasteiger partial charge in [-0.2, -0.15) is 5.10 Å². The van der Waals surface area contributed by atoms with Crippen LogP contribution in [0.15, 0.2) is 54.6 Å². The molecule has 2 N–H and O–H groups in total. The summed E-state index contributed by atoms with van der Waals surface area (Å²) in [6, 6.07) is 17.0. The zero-order valence-corrected chi connectivity index (χ0v) is 15.3. The minimum absolute atomic E-state index is 0.424. The average molecular weight is 362 g/mol. The molecule has 2 aromatic carbocycles. The first kappa shape index (κ1) is 17.1. The number of hydrogen-bond donors (Lipinski definition) is 1. The van der Waals surface area contributed by atoms with Gasteiger partial charge in [-0.3, -0.25) is 4.90 Å². The second kappa shape index (κ2) is 7.15. The van der Waals surface area contributed by atoms with Gasteiger partial charge in [0.25, 0.3) is 0 Å². The number of carbonyl (C=O) groups excluding carboxylic acids is 1. The van der Waals surface area contributed by atoms with Crippen LogP contribution in [0.25, 0.3) is 5.69 Å². The van der Waals surface area contributed by atoms with Gasteiger partial charge in [0.2, 0.25) is 0 Å². The molecule has 6 heteroatoms. The van der Waals surface area contributed by atoms with E-state index in [0.29, 0.717) is 6.61 Å². The molecule has 0 atom stereocenters. The molecule has 1 aliphatic rings. The molecule has 0 saturated carbocycles. The lowest BCUT2D eigenvalue weighted by atomic mass is 10.2. The first-order chi connectivity index (χ1) is 13.1. The van der Waals surface area contributed by atoms with Gasteiger partial charge in [0.15, 0.2) is 0 Å². The van der Waals surface area contributed by atoms with Crippen molar-refractivity contribution in [2.75, 3.05) is 11.9 Å². The number of ether oxygens (including phenoxy) is 1. The zero-order chi connectivity index (χ0) is 18.8. The highest BCUT2D eigenvalue weighted by molar-refractivity contribution is 5.90. The molecule has 1 aliphatic carbocycles. The number of amides is 2. The first-order valence-electron chi connectivity index (χ1n) is 9.04. The average Bonchev–Trinajstić information content (AvgIpc) is 3.30. The third-order valence-corrected chi connectivity index (χ3v) is 4.94. The number of rotatable bonds is 5. The SMILES string of the molecule is CN(C(N)=O)c1ccc(OCc2nn(-c3ccccc3)c3c2CCC3)cc1. The minimum atomic E-state index is -0.495. The van der Waals surface area contributed by atoms with E-state index in [2.05, 4.69) is 12.1 Å². The monoisotopic (exact) mass is 362 g/mol. The van der Waals surface area contributed by atoms with Gasteiger partial charge in [-0.05, 0) is 55.7 Å². The Morgan fingerprint density at radius 1 is 1.15 bits per heavy atom. The Morgan fingerprint density at radius 2 is 1.89 bits per heavy atom. The third-order valence-electron chi connectivity index (χ3n) is 4.94. The van der Waals surface area contributed by atoms with E-state index in [1.807, 2.05) is 47.1 Å². The van der Waals surface area contributed by atoms with Crippen molar-refractivity contribution in [3.05, 3.63) is 71.5 Å². The van der Waals surface area contributed by atoms with E-state index >= 15 is 0 Å². The van der Waals surface area contributed by atoms with Gasteiger partial charge in [0.1, 0.15) is 18.1 Å².